The first kappa shape index (κ1) is 14.9. The second-order valence-corrected chi connectivity index (χ2v) is 4.67. The fourth-order valence-electron chi connectivity index (χ4n) is 1.99. The van der Waals surface area contributed by atoms with Crippen LogP contribution in [0.3, 0.4) is 0 Å². The van der Waals surface area contributed by atoms with Crippen LogP contribution in [0.25, 0.3) is 0 Å². The molecule has 104 valence electrons. The van der Waals surface area contributed by atoms with E-state index >= 15 is 0 Å². The van der Waals surface area contributed by atoms with Crippen LogP contribution in [0.15, 0.2) is 18.2 Å². The number of carboxylic acid groups (broad SMARTS) is 1. The van der Waals surface area contributed by atoms with Crippen LogP contribution in [0.2, 0.25) is 0 Å². The Bertz CT molecular complexity index is 486. The number of anilines is 1. The van der Waals surface area contributed by atoms with E-state index in [2.05, 4.69) is 0 Å². The van der Waals surface area contributed by atoms with Crippen molar-refractivity contribution in [2.75, 3.05) is 18.0 Å². The van der Waals surface area contributed by atoms with Crippen LogP contribution in [0, 0.1) is 16.0 Å². The fraction of sp³-hybridized carbons (Fsp3) is 0.462. The van der Waals surface area contributed by atoms with Crippen LogP contribution in [0.1, 0.15) is 31.1 Å². The van der Waals surface area contributed by atoms with Crippen molar-refractivity contribution in [1.29, 1.82) is 0 Å². The first-order chi connectivity index (χ1) is 8.88. The predicted octanol–water partition coefficient (Wildman–Crippen LogP) is 2.78. The lowest BCUT2D eigenvalue weighted by Crippen LogP contribution is -2.28. The van der Waals surface area contributed by atoms with Gasteiger partial charge in [-0.25, -0.2) is 4.79 Å². The standard InChI is InChI=1S/C13H18N2O4/c1-4-14(8-9(2)3)11-7-5-6-10(13(16)17)12(11)15(18)19/h5-7,9H,4,8H2,1-3H3,(H,16,17). The van der Waals surface area contributed by atoms with E-state index in [-0.39, 0.29) is 11.3 Å². The number of nitro groups is 1. The van der Waals surface area contributed by atoms with E-state index in [0.29, 0.717) is 24.7 Å². The molecule has 0 aliphatic rings. The maximum atomic E-state index is 11.2. The van der Waals surface area contributed by atoms with E-state index < -0.39 is 10.9 Å². The summed E-state index contributed by atoms with van der Waals surface area (Å²) in [6.45, 7) is 7.13. The molecule has 0 fully saturated rings. The molecule has 1 aromatic rings. The summed E-state index contributed by atoms with van der Waals surface area (Å²) in [4.78, 5) is 23.5. The van der Waals surface area contributed by atoms with Gasteiger partial charge in [0.25, 0.3) is 0 Å². The molecule has 0 bridgehead atoms. The monoisotopic (exact) mass is 266 g/mol. The number of nitrogens with zero attached hydrogens (tertiary/aromatic N) is 2. The van der Waals surface area contributed by atoms with Crippen molar-refractivity contribution in [2.45, 2.75) is 20.8 Å². The van der Waals surface area contributed by atoms with Gasteiger partial charge in [-0.15, -0.1) is 0 Å². The van der Waals surface area contributed by atoms with Gasteiger partial charge in [0, 0.05) is 13.1 Å². The molecule has 0 aliphatic heterocycles. The van der Waals surface area contributed by atoms with Crippen molar-refractivity contribution in [3.8, 4) is 0 Å². The quantitative estimate of drug-likeness (QED) is 0.632. The molecule has 0 unspecified atom stereocenters. The normalized spacial score (nSPS) is 10.5. The van der Waals surface area contributed by atoms with Gasteiger partial charge in [0.05, 0.1) is 4.92 Å². The summed E-state index contributed by atoms with van der Waals surface area (Å²) in [5, 5.41) is 20.2. The zero-order chi connectivity index (χ0) is 14.6. The van der Waals surface area contributed by atoms with Gasteiger partial charge in [0.1, 0.15) is 11.3 Å². The highest BCUT2D eigenvalue weighted by molar-refractivity contribution is 5.95. The summed E-state index contributed by atoms with van der Waals surface area (Å²) < 4.78 is 0. The van der Waals surface area contributed by atoms with Crippen LogP contribution in [-0.4, -0.2) is 29.1 Å². The van der Waals surface area contributed by atoms with E-state index in [9.17, 15) is 14.9 Å². The number of hydrogen-bond acceptors (Lipinski definition) is 4. The Morgan fingerprint density at radius 3 is 2.53 bits per heavy atom. The van der Waals surface area contributed by atoms with Crippen molar-refractivity contribution < 1.29 is 14.8 Å². The molecule has 0 atom stereocenters. The highest BCUT2D eigenvalue weighted by Crippen LogP contribution is 2.32. The Balaban J connectivity index is 3.37. The third-order valence-electron chi connectivity index (χ3n) is 2.74. The first-order valence-corrected chi connectivity index (χ1v) is 6.14. The molecule has 0 spiro atoms. The minimum absolute atomic E-state index is 0.273. The molecule has 0 heterocycles. The first-order valence-electron chi connectivity index (χ1n) is 6.14. The second-order valence-electron chi connectivity index (χ2n) is 4.67. The van der Waals surface area contributed by atoms with Crippen molar-refractivity contribution in [2.24, 2.45) is 5.92 Å². The lowest BCUT2D eigenvalue weighted by atomic mass is 10.1. The van der Waals surface area contributed by atoms with Crippen molar-refractivity contribution in [3.05, 3.63) is 33.9 Å². The van der Waals surface area contributed by atoms with E-state index in [1.165, 1.54) is 12.1 Å². The Hall–Kier alpha value is -2.11. The van der Waals surface area contributed by atoms with Crippen molar-refractivity contribution in [1.82, 2.24) is 0 Å². The van der Waals surface area contributed by atoms with Gasteiger partial charge < -0.3 is 10.0 Å². The lowest BCUT2D eigenvalue weighted by Gasteiger charge is -2.25. The minimum atomic E-state index is -1.28. The molecule has 1 aromatic carbocycles. The van der Waals surface area contributed by atoms with Crippen molar-refractivity contribution >= 4 is 17.3 Å². The molecule has 6 heteroatoms. The van der Waals surface area contributed by atoms with E-state index in [1.54, 1.807) is 6.07 Å². The fourth-order valence-corrected chi connectivity index (χ4v) is 1.99. The molecule has 19 heavy (non-hydrogen) atoms. The van der Waals surface area contributed by atoms with Crippen LogP contribution in [0.4, 0.5) is 11.4 Å². The number of benzene rings is 1. The lowest BCUT2D eigenvalue weighted by molar-refractivity contribution is -0.384. The van der Waals surface area contributed by atoms with Crippen LogP contribution < -0.4 is 4.90 Å². The Morgan fingerprint density at radius 2 is 2.11 bits per heavy atom. The summed E-state index contributed by atoms with van der Waals surface area (Å²) in [7, 11) is 0. The third-order valence-corrected chi connectivity index (χ3v) is 2.74. The summed E-state index contributed by atoms with van der Waals surface area (Å²) in [5.41, 5.74) is -0.247. The van der Waals surface area contributed by atoms with E-state index in [0.717, 1.165) is 0 Å². The smallest absolute Gasteiger partial charge is 0.342 e. The summed E-state index contributed by atoms with van der Waals surface area (Å²) >= 11 is 0. The SMILES string of the molecule is CCN(CC(C)C)c1cccc(C(=O)O)c1[N+](=O)[O-]. The molecule has 0 amide bonds. The summed E-state index contributed by atoms with van der Waals surface area (Å²) in [6, 6.07) is 4.39. The van der Waals surface area contributed by atoms with Crippen molar-refractivity contribution in [3.63, 3.8) is 0 Å². The van der Waals surface area contributed by atoms with Gasteiger partial charge in [0.15, 0.2) is 0 Å². The topological polar surface area (TPSA) is 83.7 Å². The van der Waals surface area contributed by atoms with Crippen LogP contribution >= 0.6 is 0 Å². The zero-order valence-corrected chi connectivity index (χ0v) is 11.3. The van der Waals surface area contributed by atoms with Gasteiger partial charge in [-0.3, -0.25) is 10.1 Å². The zero-order valence-electron chi connectivity index (χ0n) is 11.3. The highest BCUT2D eigenvalue weighted by atomic mass is 16.6. The number of para-hydroxylation sites is 1. The predicted molar refractivity (Wildman–Crippen MR) is 72.8 cm³/mol. The van der Waals surface area contributed by atoms with Gasteiger partial charge in [-0.05, 0) is 25.0 Å². The summed E-state index contributed by atoms with van der Waals surface area (Å²) in [5.74, 6) is -0.956. The maximum absolute atomic E-state index is 11.2. The van der Waals surface area contributed by atoms with E-state index in [1.807, 2.05) is 25.7 Å². The largest absolute Gasteiger partial charge is 0.477 e. The van der Waals surface area contributed by atoms with Crippen LogP contribution in [0.5, 0.6) is 0 Å². The van der Waals surface area contributed by atoms with Gasteiger partial charge in [-0.2, -0.15) is 0 Å². The molecule has 0 aliphatic carbocycles. The van der Waals surface area contributed by atoms with Gasteiger partial charge in [0.2, 0.25) is 0 Å². The Kier molecular flexibility index (Phi) is 4.86. The molecular formula is C13H18N2O4. The highest BCUT2D eigenvalue weighted by Gasteiger charge is 2.26. The average Bonchev–Trinajstić information content (AvgIpc) is 2.34. The van der Waals surface area contributed by atoms with Gasteiger partial charge in [-0.1, -0.05) is 19.9 Å². The van der Waals surface area contributed by atoms with Gasteiger partial charge >= 0.3 is 11.7 Å². The minimum Gasteiger partial charge on any atom is -0.477 e. The molecule has 0 aromatic heterocycles. The molecule has 1 N–H and O–H groups in total. The number of carboxylic acids is 1. The Morgan fingerprint density at radius 1 is 1.47 bits per heavy atom. The number of rotatable bonds is 6. The second kappa shape index (κ2) is 6.17. The third kappa shape index (κ3) is 3.43. The van der Waals surface area contributed by atoms with Crippen LogP contribution in [-0.2, 0) is 0 Å². The molecule has 0 saturated carbocycles. The summed E-state index contributed by atoms with van der Waals surface area (Å²) in [6.07, 6.45) is 0. The maximum Gasteiger partial charge on any atom is 0.342 e. The molecular weight excluding hydrogens is 248 g/mol. The number of aromatic carboxylic acids is 1. The number of carbonyl (C=O) groups is 1. The molecule has 0 saturated heterocycles. The average molecular weight is 266 g/mol. The number of nitro benzene ring substituents is 1. The Labute approximate surface area is 111 Å². The molecule has 0 radical (unpaired) electrons. The molecule has 1 rings (SSSR count). The van der Waals surface area contributed by atoms with E-state index in [4.69, 9.17) is 5.11 Å². The molecule has 6 nitrogen and oxygen atoms in total. The number of hydrogen-bond donors (Lipinski definition) is 1.